The summed E-state index contributed by atoms with van der Waals surface area (Å²) in [4.78, 5) is 24.5. The van der Waals surface area contributed by atoms with Gasteiger partial charge in [0.05, 0.1) is 25.4 Å². The molecule has 0 aromatic carbocycles. The molecule has 0 radical (unpaired) electrons. The SMILES string of the molecule is CCCCCC/C=C\CCCCCCCC(=O)OCCCCCCCCCCCCC/C=C\CCCCCCCCCC(=O)NC(CO)C(O)/C=C/CCCCCCCCCCCCCCCCCCC. The Morgan fingerprint density at radius 2 is 0.662 bits per heavy atom. The number of aliphatic hydroxyl groups excluding tert-OH is 2. The van der Waals surface area contributed by atoms with Crippen LogP contribution in [-0.2, 0) is 14.3 Å². The van der Waals surface area contributed by atoms with E-state index in [1.165, 1.54) is 263 Å². The van der Waals surface area contributed by atoms with Gasteiger partial charge in [-0.2, -0.15) is 0 Å². The van der Waals surface area contributed by atoms with Crippen molar-refractivity contribution in [3.8, 4) is 0 Å². The van der Waals surface area contributed by atoms with Crippen LogP contribution in [0, 0.1) is 0 Å². The second-order valence-electron chi connectivity index (χ2n) is 21.7. The number of carbonyl (C=O) groups excluding carboxylic acids is 2. The van der Waals surface area contributed by atoms with Crippen molar-refractivity contribution in [3.63, 3.8) is 0 Å². The summed E-state index contributed by atoms with van der Waals surface area (Å²) in [6, 6.07) is -0.634. The zero-order valence-electron chi connectivity index (χ0n) is 47.7. The lowest BCUT2D eigenvalue weighted by molar-refractivity contribution is -0.143. The molecular formula is C65H123NO5. The predicted molar refractivity (Wildman–Crippen MR) is 310 cm³/mol. The number of esters is 1. The zero-order valence-corrected chi connectivity index (χ0v) is 47.7. The number of hydrogen-bond donors (Lipinski definition) is 3. The van der Waals surface area contributed by atoms with E-state index in [0.29, 0.717) is 19.4 Å². The van der Waals surface area contributed by atoms with Gasteiger partial charge in [0.1, 0.15) is 0 Å². The highest BCUT2D eigenvalue weighted by Crippen LogP contribution is 2.17. The van der Waals surface area contributed by atoms with Crippen LogP contribution in [0.1, 0.15) is 341 Å². The number of amides is 1. The van der Waals surface area contributed by atoms with E-state index in [1.54, 1.807) is 6.08 Å². The highest BCUT2D eigenvalue weighted by Gasteiger charge is 2.18. The average Bonchev–Trinajstić information content (AvgIpc) is 3.37. The van der Waals surface area contributed by atoms with E-state index in [0.717, 1.165) is 51.4 Å². The van der Waals surface area contributed by atoms with Gasteiger partial charge < -0.3 is 20.3 Å². The maximum atomic E-state index is 12.5. The number of rotatable bonds is 59. The van der Waals surface area contributed by atoms with Crippen LogP contribution in [0.3, 0.4) is 0 Å². The summed E-state index contributed by atoms with van der Waals surface area (Å²) < 4.78 is 5.47. The van der Waals surface area contributed by atoms with Crippen LogP contribution in [0.2, 0.25) is 0 Å². The van der Waals surface area contributed by atoms with Crippen LogP contribution < -0.4 is 5.32 Å². The number of aliphatic hydroxyl groups is 2. The standard InChI is InChI=1S/C65H123NO5/c1-3-5-7-9-11-13-15-17-18-19-24-27-30-34-37-41-45-49-53-57-63(68)62(61-67)66-64(69)58-54-50-46-42-38-35-31-28-25-22-20-21-23-26-29-32-36-40-44-48-52-56-60-71-65(70)59-55-51-47-43-39-33-16-14-12-10-8-6-4-2/h14,16,22,25,53,57,62-63,67-68H,3-13,15,17-21,23-24,26-52,54-56,58-61H2,1-2H3,(H,66,69)/b16-14-,25-22-,57-53+. The molecule has 3 N–H and O–H groups in total. The molecule has 0 heterocycles. The summed E-state index contributed by atoms with van der Waals surface area (Å²) >= 11 is 0. The minimum atomic E-state index is -0.850. The van der Waals surface area contributed by atoms with Crippen LogP contribution in [0.15, 0.2) is 36.5 Å². The molecule has 0 aliphatic heterocycles. The van der Waals surface area contributed by atoms with E-state index in [-0.39, 0.29) is 18.5 Å². The maximum absolute atomic E-state index is 12.5. The van der Waals surface area contributed by atoms with Crippen molar-refractivity contribution in [3.05, 3.63) is 36.5 Å². The Labute approximate surface area is 443 Å². The van der Waals surface area contributed by atoms with Crippen molar-refractivity contribution in [1.82, 2.24) is 5.32 Å². The Morgan fingerprint density at radius 3 is 1.01 bits per heavy atom. The molecule has 0 saturated heterocycles. The Hall–Kier alpha value is -1.92. The molecule has 0 rings (SSSR count). The Balaban J connectivity index is 3.45. The number of nitrogens with one attached hydrogen (secondary N) is 1. The molecular weight excluding hydrogens is 875 g/mol. The predicted octanol–water partition coefficient (Wildman–Crippen LogP) is 20.0. The molecule has 2 atom stereocenters. The van der Waals surface area contributed by atoms with Gasteiger partial charge in [-0.15, -0.1) is 0 Å². The van der Waals surface area contributed by atoms with Gasteiger partial charge in [-0.25, -0.2) is 0 Å². The first-order valence-electron chi connectivity index (χ1n) is 31.8. The molecule has 0 aliphatic rings. The lowest BCUT2D eigenvalue weighted by Crippen LogP contribution is -2.45. The second-order valence-corrected chi connectivity index (χ2v) is 21.7. The second kappa shape index (κ2) is 60.6. The Bertz CT molecular complexity index is 1150. The largest absolute Gasteiger partial charge is 0.466 e. The van der Waals surface area contributed by atoms with Crippen molar-refractivity contribution >= 4 is 11.9 Å². The molecule has 0 aromatic rings. The fraction of sp³-hybridized carbons (Fsp3) is 0.877. The molecule has 0 fully saturated rings. The fourth-order valence-corrected chi connectivity index (χ4v) is 9.74. The molecule has 0 bridgehead atoms. The zero-order chi connectivity index (χ0) is 51.4. The lowest BCUT2D eigenvalue weighted by Gasteiger charge is -2.20. The van der Waals surface area contributed by atoms with Crippen molar-refractivity contribution < 1.29 is 24.5 Å². The van der Waals surface area contributed by atoms with Gasteiger partial charge in [0.25, 0.3) is 0 Å². The lowest BCUT2D eigenvalue weighted by atomic mass is 10.0. The molecule has 6 nitrogen and oxygen atoms in total. The molecule has 71 heavy (non-hydrogen) atoms. The van der Waals surface area contributed by atoms with Gasteiger partial charge in [-0.1, -0.05) is 281 Å². The molecule has 418 valence electrons. The highest BCUT2D eigenvalue weighted by atomic mass is 16.5. The van der Waals surface area contributed by atoms with E-state index < -0.39 is 12.1 Å². The van der Waals surface area contributed by atoms with Gasteiger partial charge in [0, 0.05) is 12.8 Å². The molecule has 0 spiro atoms. The topological polar surface area (TPSA) is 95.9 Å². The summed E-state index contributed by atoms with van der Waals surface area (Å²) in [5, 5.41) is 23.2. The molecule has 0 aliphatic carbocycles. The van der Waals surface area contributed by atoms with Gasteiger partial charge in [0.15, 0.2) is 0 Å². The van der Waals surface area contributed by atoms with E-state index in [4.69, 9.17) is 4.74 Å². The van der Waals surface area contributed by atoms with E-state index in [1.807, 2.05) is 6.08 Å². The number of ether oxygens (including phenoxy) is 1. The quantitative estimate of drug-likeness (QED) is 0.0321. The molecule has 6 heteroatoms. The number of hydrogen-bond acceptors (Lipinski definition) is 5. The summed E-state index contributed by atoms with van der Waals surface area (Å²) in [7, 11) is 0. The highest BCUT2D eigenvalue weighted by molar-refractivity contribution is 5.76. The van der Waals surface area contributed by atoms with Crippen molar-refractivity contribution in [1.29, 1.82) is 0 Å². The van der Waals surface area contributed by atoms with Crippen LogP contribution in [0.5, 0.6) is 0 Å². The summed E-state index contributed by atoms with van der Waals surface area (Å²) in [5.41, 5.74) is 0. The van der Waals surface area contributed by atoms with E-state index >= 15 is 0 Å². The third-order valence-corrected chi connectivity index (χ3v) is 14.6. The Kier molecular flexibility index (Phi) is 59.0. The molecule has 1 amide bonds. The maximum Gasteiger partial charge on any atom is 0.305 e. The fourth-order valence-electron chi connectivity index (χ4n) is 9.74. The first kappa shape index (κ1) is 69.1. The first-order valence-corrected chi connectivity index (χ1v) is 31.8. The Morgan fingerprint density at radius 1 is 0.380 bits per heavy atom. The average molecular weight is 999 g/mol. The van der Waals surface area contributed by atoms with Crippen LogP contribution in [-0.4, -0.2) is 47.4 Å². The van der Waals surface area contributed by atoms with Crippen molar-refractivity contribution in [2.75, 3.05) is 13.2 Å². The summed E-state index contributed by atoms with van der Waals surface area (Å²) in [6.07, 6.45) is 76.1. The number of unbranched alkanes of at least 4 members (excludes halogenated alkanes) is 44. The van der Waals surface area contributed by atoms with Crippen molar-refractivity contribution in [2.24, 2.45) is 0 Å². The summed E-state index contributed by atoms with van der Waals surface area (Å²) in [6.45, 7) is 4.90. The van der Waals surface area contributed by atoms with E-state index in [9.17, 15) is 19.8 Å². The van der Waals surface area contributed by atoms with Gasteiger partial charge in [-0.3, -0.25) is 9.59 Å². The van der Waals surface area contributed by atoms with Crippen LogP contribution in [0.25, 0.3) is 0 Å². The monoisotopic (exact) mass is 998 g/mol. The van der Waals surface area contributed by atoms with Crippen molar-refractivity contribution in [2.45, 2.75) is 353 Å². The normalized spacial score (nSPS) is 12.8. The molecule has 2 unspecified atom stereocenters. The minimum Gasteiger partial charge on any atom is -0.466 e. The molecule has 0 aromatic heterocycles. The van der Waals surface area contributed by atoms with Gasteiger partial charge in [-0.05, 0) is 83.5 Å². The van der Waals surface area contributed by atoms with E-state index in [2.05, 4.69) is 43.5 Å². The third kappa shape index (κ3) is 57.2. The minimum absolute atomic E-state index is 0.000211. The number of allylic oxidation sites excluding steroid dienone is 5. The van der Waals surface area contributed by atoms with Gasteiger partial charge >= 0.3 is 5.97 Å². The van der Waals surface area contributed by atoms with Gasteiger partial charge in [0.2, 0.25) is 5.91 Å². The summed E-state index contributed by atoms with van der Waals surface area (Å²) in [5.74, 6) is -0.0726. The van der Waals surface area contributed by atoms with Crippen LogP contribution in [0.4, 0.5) is 0 Å². The molecule has 0 saturated carbocycles. The number of carbonyl (C=O) groups is 2. The first-order chi connectivity index (χ1) is 35.0. The smallest absolute Gasteiger partial charge is 0.305 e. The van der Waals surface area contributed by atoms with Crippen LogP contribution >= 0.6 is 0 Å². The third-order valence-electron chi connectivity index (χ3n) is 14.6.